The first-order chi connectivity index (χ1) is 12.0. The van der Waals surface area contributed by atoms with Crippen molar-refractivity contribution in [2.45, 2.75) is 51.1 Å². The van der Waals surface area contributed by atoms with E-state index in [4.69, 9.17) is 5.11 Å². The Morgan fingerprint density at radius 1 is 1.24 bits per heavy atom. The minimum atomic E-state index is -0.960. The highest BCUT2D eigenvalue weighted by molar-refractivity contribution is 5.86. The Morgan fingerprint density at radius 3 is 2.64 bits per heavy atom. The summed E-state index contributed by atoms with van der Waals surface area (Å²) in [7, 11) is 0. The SMILES string of the molecule is CC(CC(=O)O)NC(=O)CNC(=O)C1CCCC(N2CCNCC2)C1. The third-order valence-corrected chi connectivity index (χ3v) is 5.00. The number of carbonyl (C=O) groups is 3. The molecule has 8 heteroatoms. The molecule has 3 atom stereocenters. The molecule has 4 N–H and O–H groups in total. The van der Waals surface area contributed by atoms with Gasteiger partial charge in [0.15, 0.2) is 0 Å². The Morgan fingerprint density at radius 2 is 1.96 bits per heavy atom. The van der Waals surface area contributed by atoms with Crippen LogP contribution in [0, 0.1) is 5.92 Å². The topological polar surface area (TPSA) is 111 Å². The summed E-state index contributed by atoms with van der Waals surface area (Å²) >= 11 is 0. The molecule has 8 nitrogen and oxygen atoms in total. The predicted octanol–water partition coefficient (Wildman–Crippen LogP) is -0.454. The van der Waals surface area contributed by atoms with E-state index in [0.29, 0.717) is 6.04 Å². The molecular weight excluding hydrogens is 324 g/mol. The zero-order chi connectivity index (χ0) is 18.2. The Hall–Kier alpha value is -1.67. The number of carboxylic acid groups (broad SMARTS) is 1. The smallest absolute Gasteiger partial charge is 0.305 e. The third kappa shape index (κ3) is 6.62. The minimum absolute atomic E-state index is 0.0436. The fraction of sp³-hybridized carbons (Fsp3) is 0.824. The molecule has 0 bridgehead atoms. The average Bonchev–Trinajstić information content (AvgIpc) is 2.59. The molecule has 0 spiro atoms. The van der Waals surface area contributed by atoms with Gasteiger partial charge in [-0.3, -0.25) is 19.3 Å². The van der Waals surface area contributed by atoms with E-state index in [0.717, 1.165) is 51.9 Å². The van der Waals surface area contributed by atoms with Crippen LogP contribution in [0.5, 0.6) is 0 Å². The van der Waals surface area contributed by atoms with E-state index in [9.17, 15) is 14.4 Å². The van der Waals surface area contributed by atoms with Crippen molar-refractivity contribution in [1.82, 2.24) is 20.9 Å². The van der Waals surface area contributed by atoms with Gasteiger partial charge >= 0.3 is 5.97 Å². The van der Waals surface area contributed by atoms with Crippen molar-refractivity contribution < 1.29 is 19.5 Å². The summed E-state index contributed by atoms with van der Waals surface area (Å²) in [6, 6.07) is 0.00434. The van der Waals surface area contributed by atoms with E-state index in [2.05, 4.69) is 20.9 Å². The number of carbonyl (C=O) groups excluding carboxylic acids is 2. The Balaban J connectivity index is 1.72. The maximum absolute atomic E-state index is 12.4. The zero-order valence-electron chi connectivity index (χ0n) is 14.9. The fourth-order valence-corrected chi connectivity index (χ4v) is 3.73. The maximum atomic E-state index is 12.4. The van der Waals surface area contributed by atoms with E-state index < -0.39 is 12.0 Å². The highest BCUT2D eigenvalue weighted by Crippen LogP contribution is 2.28. The average molecular weight is 354 g/mol. The van der Waals surface area contributed by atoms with E-state index in [1.54, 1.807) is 6.92 Å². The second-order valence-corrected chi connectivity index (χ2v) is 7.09. The van der Waals surface area contributed by atoms with E-state index in [1.807, 2.05) is 0 Å². The van der Waals surface area contributed by atoms with Gasteiger partial charge in [-0.2, -0.15) is 0 Å². The first-order valence-corrected chi connectivity index (χ1v) is 9.19. The van der Waals surface area contributed by atoms with Crippen LogP contribution < -0.4 is 16.0 Å². The summed E-state index contributed by atoms with van der Waals surface area (Å²) in [6.07, 6.45) is 3.76. The highest BCUT2D eigenvalue weighted by Gasteiger charge is 2.31. The number of aliphatic carboxylic acids is 1. The molecule has 2 amide bonds. The van der Waals surface area contributed by atoms with Crippen molar-refractivity contribution in [2.24, 2.45) is 5.92 Å². The summed E-state index contributed by atoms with van der Waals surface area (Å²) in [5, 5.41) is 17.3. The number of hydrogen-bond acceptors (Lipinski definition) is 5. The molecule has 3 unspecified atom stereocenters. The van der Waals surface area contributed by atoms with Crippen molar-refractivity contribution in [2.75, 3.05) is 32.7 Å². The lowest BCUT2D eigenvalue weighted by atomic mass is 9.84. The molecule has 25 heavy (non-hydrogen) atoms. The second kappa shape index (κ2) is 9.72. The zero-order valence-corrected chi connectivity index (χ0v) is 14.9. The van der Waals surface area contributed by atoms with Crippen molar-refractivity contribution in [3.63, 3.8) is 0 Å². The molecule has 0 aromatic heterocycles. The standard InChI is InChI=1S/C17H30N4O4/c1-12(9-16(23)24)20-15(22)11-19-17(25)13-3-2-4-14(10-13)21-7-5-18-6-8-21/h12-14,18H,2-11H2,1H3,(H,19,25)(H,20,22)(H,23,24). The Labute approximate surface area is 148 Å². The van der Waals surface area contributed by atoms with Crippen LogP contribution in [0.4, 0.5) is 0 Å². The van der Waals surface area contributed by atoms with Gasteiger partial charge in [-0.1, -0.05) is 6.42 Å². The van der Waals surface area contributed by atoms with Crippen LogP contribution in [0.25, 0.3) is 0 Å². The van der Waals surface area contributed by atoms with Gasteiger partial charge < -0.3 is 21.1 Å². The minimum Gasteiger partial charge on any atom is -0.481 e. The predicted molar refractivity (Wildman–Crippen MR) is 93.1 cm³/mol. The molecule has 0 aromatic carbocycles. The van der Waals surface area contributed by atoms with Crippen LogP contribution in [0.1, 0.15) is 39.0 Å². The lowest BCUT2D eigenvalue weighted by Crippen LogP contribution is -2.51. The third-order valence-electron chi connectivity index (χ3n) is 5.00. The number of amides is 2. The summed E-state index contributed by atoms with van der Waals surface area (Å²) in [6.45, 7) is 5.60. The second-order valence-electron chi connectivity index (χ2n) is 7.09. The van der Waals surface area contributed by atoms with Gasteiger partial charge in [0.05, 0.1) is 13.0 Å². The van der Waals surface area contributed by atoms with Gasteiger partial charge in [-0.05, 0) is 26.2 Å². The lowest BCUT2D eigenvalue weighted by Gasteiger charge is -2.39. The Bertz CT molecular complexity index is 479. The normalized spacial score (nSPS) is 25.8. The van der Waals surface area contributed by atoms with Crippen LogP contribution in [-0.2, 0) is 14.4 Å². The van der Waals surface area contributed by atoms with E-state index in [1.165, 1.54) is 0 Å². The molecule has 142 valence electrons. The Kier molecular flexibility index (Phi) is 7.64. The van der Waals surface area contributed by atoms with Crippen LogP contribution in [0.3, 0.4) is 0 Å². The van der Waals surface area contributed by atoms with Crippen molar-refractivity contribution in [1.29, 1.82) is 0 Å². The highest BCUT2D eigenvalue weighted by atomic mass is 16.4. The monoisotopic (exact) mass is 354 g/mol. The molecule has 1 aliphatic heterocycles. The number of piperazine rings is 1. The maximum Gasteiger partial charge on any atom is 0.305 e. The molecule has 1 aliphatic carbocycles. The summed E-state index contributed by atoms with van der Waals surface area (Å²) in [4.78, 5) is 37.2. The van der Waals surface area contributed by atoms with Gasteiger partial charge in [0.25, 0.3) is 0 Å². The van der Waals surface area contributed by atoms with Crippen molar-refractivity contribution >= 4 is 17.8 Å². The van der Waals surface area contributed by atoms with Crippen LogP contribution in [-0.4, -0.2) is 72.6 Å². The number of carboxylic acids is 1. The molecule has 0 radical (unpaired) electrons. The fourth-order valence-electron chi connectivity index (χ4n) is 3.73. The first kappa shape index (κ1) is 19.7. The first-order valence-electron chi connectivity index (χ1n) is 9.19. The van der Waals surface area contributed by atoms with Crippen LogP contribution in [0.15, 0.2) is 0 Å². The lowest BCUT2D eigenvalue weighted by molar-refractivity contribution is -0.137. The van der Waals surface area contributed by atoms with Gasteiger partial charge in [-0.25, -0.2) is 0 Å². The number of nitrogens with zero attached hydrogens (tertiary/aromatic N) is 1. The van der Waals surface area contributed by atoms with Gasteiger partial charge in [0.1, 0.15) is 0 Å². The molecular formula is C17H30N4O4. The van der Waals surface area contributed by atoms with Gasteiger partial charge in [0.2, 0.25) is 11.8 Å². The quantitative estimate of drug-likeness (QED) is 0.493. The van der Waals surface area contributed by atoms with Crippen molar-refractivity contribution in [3.05, 3.63) is 0 Å². The number of hydrogen-bond donors (Lipinski definition) is 4. The van der Waals surface area contributed by atoms with E-state index in [-0.39, 0.29) is 30.7 Å². The molecule has 2 fully saturated rings. The molecule has 2 aliphatic rings. The van der Waals surface area contributed by atoms with Crippen LogP contribution >= 0.6 is 0 Å². The van der Waals surface area contributed by atoms with E-state index >= 15 is 0 Å². The summed E-state index contributed by atoms with van der Waals surface area (Å²) in [5.74, 6) is -1.42. The molecule has 1 saturated heterocycles. The summed E-state index contributed by atoms with van der Waals surface area (Å²) in [5.41, 5.74) is 0. The molecule has 2 rings (SSSR count). The molecule has 1 heterocycles. The largest absolute Gasteiger partial charge is 0.481 e. The molecule has 1 saturated carbocycles. The van der Waals surface area contributed by atoms with Crippen LogP contribution in [0.2, 0.25) is 0 Å². The van der Waals surface area contributed by atoms with Crippen molar-refractivity contribution in [3.8, 4) is 0 Å². The number of rotatable bonds is 7. The van der Waals surface area contributed by atoms with Gasteiger partial charge in [-0.15, -0.1) is 0 Å². The van der Waals surface area contributed by atoms with Gasteiger partial charge in [0, 0.05) is 44.2 Å². The number of nitrogens with one attached hydrogen (secondary N) is 3. The summed E-state index contributed by atoms with van der Waals surface area (Å²) < 4.78 is 0. The molecule has 0 aromatic rings.